The van der Waals surface area contributed by atoms with Gasteiger partial charge >= 0.3 is 11.9 Å². The van der Waals surface area contributed by atoms with E-state index in [0.29, 0.717) is 17.5 Å². The zero-order valence-corrected chi connectivity index (χ0v) is 34.2. The third-order valence-electron chi connectivity index (χ3n) is 16.1. The number of carbonyl (C=O) groups excluding carboxylic acids is 2. The highest BCUT2D eigenvalue weighted by molar-refractivity contribution is 5.89. The minimum absolute atomic E-state index is 0.0302. The summed E-state index contributed by atoms with van der Waals surface area (Å²) in [6.45, 7) is 15.0. The van der Waals surface area contributed by atoms with E-state index in [9.17, 15) is 9.59 Å². The molecule has 6 nitrogen and oxygen atoms in total. The maximum Gasteiger partial charge on any atom is 0.314 e. The smallest absolute Gasteiger partial charge is 0.314 e. The van der Waals surface area contributed by atoms with Gasteiger partial charge < -0.3 is 14.8 Å². The molecule has 0 amide bonds. The highest BCUT2D eigenvalue weighted by Gasteiger charge is 2.59. The number of fused-ring (bicyclic) bond motifs is 5. The Kier molecular flexibility index (Phi) is 13.6. The van der Waals surface area contributed by atoms with Gasteiger partial charge in [-0.2, -0.15) is 0 Å². The zero-order valence-electron chi connectivity index (χ0n) is 34.2. The molecule has 5 fully saturated rings. The van der Waals surface area contributed by atoms with E-state index in [2.05, 4.69) is 52.9 Å². The van der Waals surface area contributed by atoms with Crippen molar-refractivity contribution in [3.8, 4) is 0 Å². The molecule has 0 saturated heterocycles. The summed E-state index contributed by atoms with van der Waals surface area (Å²) in [6, 6.07) is 0.906. The summed E-state index contributed by atoms with van der Waals surface area (Å²) < 4.78 is 11.9. The monoisotopic (exact) mass is 721 g/mol. The van der Waals surface area contributed by atoms with E-state index in [0.717, 1.165) is 86.4 Å². The number of hydrogen-bond donors (Lipinski definition) is 1. The molecule has 6 aliphatic rings. The van der Waals surface area contributed by atoms with E-state index in [-0.39, 0.29) is 42.3 Å². The molecule has 0 unspecified atom stereocenters. The molecule has 0 radical (unpaired) electrons. The molecule has 1 N–H and O–H groups in total. The van der Waals surface area contributed by atoms with Gasteiger partial charge in [-0.25, -0.2) is 4.99 Å². The number of amidine groups is 1. The van der Waals surface area contributed by atoms with Crippen molar-refractivity contribution in [1.29, 1.82) is 0 Å². The van der Waals surface area contributed by atoms with E-state index in [1.807, 2.05) is 0 Å². The SMILES string of the molecule is CC[C@H](CC[C@@H](C)[C@H]1CC[C@H]2[C@@H]3CC=C4C[C@@H](OC(=O)CCC(=O)OC(=NC5CCCCC5)NC5CCCCC5)CC[C@]4(C)[C@H]3CC[C@]12C)C(C)C. The van der Waals surface area contributed by atoms with Gasteiger partial charge in [0.05, 0.1) is 18.9 Å². The van der Waals surface area contributed by atoms with Gasteiger partial charge in [-0.05, 0) is 129 Å². The minimum atomic E-state index is -0.388. The normalized spacial score (nSPS) is 35.5. The average molecular weight is 721 g/mol. The van der Waals surface area contributed by atoms with Gasteiger partial charge in [0.25, 0.3) is 6.02 Å². The fraction of sp³-hybridized carbons (Fsp3) is 0.891. The number of esters is 2. The van der Waals surface area contributed by atoms with E-state index < -0.39 is 0 Å². The maximum atomic E-state index is 13.1. The summed E-state index contributed by atoms with van der Waals surface area (Å²) in [4.78, 5) is 30.9. The van der Waals surface area contributed by atoms with Crippen molar-refractivity contribution in [3.63, 3.8) is 0 Å². The lowest BCUT2D eigenvalue weighted by Gasteiger charge is -2.58. The van der Waals surface area contributed by atoms with E-state index in [4.69, 9.17) is 14.5 Å². The largest absolute Gasteiger partial charge is 0.462 e. The molecule has 6 heteroatoms. The van der Waals surface area contributed by atoms with Crippen LogP contribution < -0.4 is 5.32 Å². The first-order valence-electron chi connectivity index (χ1n) is 22.4. The van der Waals surface area contributed by atoms with Crippen LogP contribution in [0.15, 0.2) is 16.6 Å². The Hall–Kier alpha value is -1.85. The molecule has 0 heterocycles. The molecule has 6 rings (SSSR count). The minimum Gasteiger partial charge on any atom is -0.462 e. The molecule has 0 aliphatic heterocycles. The molecule has 6 aliphatic carbocycles. The summed E-state index contributed by atoms with van der Waals surface area (Å²) in [5.41, 5.74) is 2.26. The van der Waals surface area contributed by atoms with Crippen LogP contribution in [-0.4, -0.2) is 36.1 Å². The van der Waals surface area contributed by atoms with Crippen molar-refractivity contribution in [2.75, 3.05) is 0 Å². The third kappa shape index (κ3) is 9.15. The second kappa shape index (κ2) is 17.7. The van der Waals surface area contributed by atoms with Crippen molar-refractivity contribution in [2.24, 2.45) is 57.2 Å². The first-order valence-corrected chi connectivity index (χ1v) is 22.4. The Balaban J connectivity index is 0.992. The predicted molar refractivity (Wildman–Crippen MR) is 212 cm³/mol. The Bertz CT molecular complexity index is 1260. The molecule has 52 heavy (non-hydrogen) atoms. The van der Waals surface area contributed by atoms with Crippen LogP contribution in [0, 0.1) is 52.3 Å². The topological polar surface area (TPSA) is 77.0 Å². The molecular weight excluding hydrogens is 645 g/mol. The van der Waals surface area contributed by atoms with E-state index >= 15 is 0 Å². The van der Waals surface area contributed by atoms with Gasteiger partial charge in [-0.1, -0.05) is 105 Å². The van der Waals surface area contributed by atoms with Crippen LogP contribution in [0.3, 0.4) is 0 Å². The highest BCUT2D eigenvalue weighted by Crippen LogP contribution is 2.67. The molecule has 0 aromatic carbocycles. The number of ether oxygens (including phenoxy) is 2. The van der Waals surface area contributed by atoms with Crippen molar-refractivity contribution in [3.05, 3.63) is 11.6 Å². The van der Waals surface area contributed by atoms with Crippen LogP contribution >= 0.6 is 0 Å². The molecule has 0 aromatic heterocycles. The first-order chi connectivity index (χ1) is 25.0. The van der Waals surface area contributed by atoms with Crippen LogP contribution in [0.2, 0.25) is 0 Å². The molecular formula is C46H76N2O4. The number of nitrogens with one attached hydrogen (secondary N) is 1. The lowest BCUT2D eigenvalue weighted by atomic mass is 9.47. The second-order valence-electron chi connectivity index (χ2n) is 19.5. The molecule has 0 aromatic rings. The van der Waals surface area contributed by atoms with Crippen molar-refractivity contribution in [2.45, 2.75) is 207 Å². The van der Waals surface area contributed by atoms with Crippen LogP contribution in [0.4, 0.5) is 0 Å². The quantitative estimate of drug-likeness (QED) is 0.0940. The molecule has 294 valence electrons. The number of carbonyl (C=O) groups is 2. The Labute approximate surface area is 317 Å². The fourth-order valence-electron chi connectivity index (χ4n) is 12.9. The Morgan fingerprint density at radius 2 is 1.56 bits per heavy atom. The number of nitrogens with zero attached hydrogens (tertiary/aromatic N) is 1. The summed E-state index contributed by atoms with van der Waals surface area (Å²) >= 11 is 0. The predicted octanol–water partition coefficient (Wildman–Crippen LogP) is 11.5. The van der Waals surface area contributed by atoms with Crippen molar-refractivity contribution >= 4 is 18.0 Å². The number of aliphatic imine (C=N–C) groups is 1. The first kappa shape index (κ1) is 39.8. The van der Waals surface area contributed by atoms with Crippen LogP contribution in [0.5, 0.6) is 0 Å². The lowest BCUT2D eigenvalue weighted by molar-refractivity contribution is -0.153. The fourth-order valence-corrected chi connectivity index (χ4v) is 12.9. The van der Waals surface area contributed by atoms with Gasteiger partial charge in [0.1, 0.15) is 6.10 Å². The third-order valence-corrected chi connectivity index (χ3v) is 16.1. The molecule has 9 atom stereocenters. The average Bonchev–Trinajstić information content (AvgIpc) is 3.49. The van der Waals surface area contributed by atoms with Gasteiger partial charge in [0, 0.05) is 12.5 Å². The van der Waals surface area contributed by atoms with E-state index in [1.54, 1.807) is 5.57 Å². The Morgan fingerprint density at radius 3 is 2.27 bits per heavy atom. The molecule has 0 spiro atoms. The van der Waals surface area contributed by atoms with Gasteiger partial charge in [-0.15, -0.1) is 0 Å². The van der Waals surface area contributed by atoms with Crippen LogP contribution in [-0.2, 0) is 19.1 Å². The Morgan fingerprint density at radius 1 is 0.846 bits per heavy atom. The standard InChI is InChI=1S/C46H76N2O4/c1-7-33(31(2)3)19-18-32(4)39-22-23-40-38-21-20-34-30-37(26-28-45(34,5)41(38)27-29-46(39,40)6)51-42(49)24-25-43(50)52-44(47-35-14-10-8-11-15-35)48-36-16-12-9-13-17-36/h20,31-33,35-41H,7-19,21-30H2,1-6H3,(H,47,48)/t32-,33-,37+,38+,39-,40+,41+,45+,46-/m1/s1. The van der Waals surface area contributed by atoms with Gasteiger partial charge in [-0.3, -0.25) is 9.59 Å². The zero-order chi connectivity index (χ0) is 36.9. The molecule has 5 saturated carbocycles. The van der Waals surface area contributed by atoms with Crippen molar-refractivity contribution < 1.29 is 19.1 Å². The second-order valence-corrected chi connectivity index (χ2v) is 19.5. The van der Waals surface area contributed by atoms with Crippen LogP contribution in [0.1, 0.15) is 189 Å². The van der Waals surface area contributed by atoms with Crippen molar-refractivity contribution in [1.82, 2.24) is 5.32 Å². The summed E-state index contributed by atoms with van der Waals surface area (Å²) in [5, 5.41) is 3.46. The lowest BCUT2D eigenvalue weighted by Crippen LogP contribution is -2.51. The van der Waals surface area contributed by atoms with Gasteiger partial charge in [0.2, 0.25) is 0 Å². The number of allylic oxidation sites excluding steroid dienone is 1. The summed E-state index contributed by atoms with van der Waals surface area (Å²) in [7, 11) is 0. The van der Waals surface area contributed by atoms with E-state index in [1.165, 1.54) is 89.9 Å². The van der Waals surface area contributed by atoms with Crippen LogP contribution in [0.25, 0.3) is 0 Å². The maximum absolute atomic E-state index is 13.1. The number of hydrogen-bond acceptors (Lipinski definition) is 5. The summed E-state index contributed by atoms with van der Waals surface area (Å²) in [5.74, 6) is 5.10. The summed E-state index contributed by atoms with van der Waals surface area (Å²) in [6.07, 6.45) is 27.9. The number of rotatable bonds is 12. The molecule has 0 bridgehead atoms. The highest BCUT2D eigenvalue weighted by atomic mass is 16.6. The van der Waals surface area contributed by atoms with Gasteiger partial charge in [0.15, 0.2) is 0 Å².